The summed E-state index contributed by atoms with van der Waals surface area (Å²) in [5, 5.41) is 3.32. The highest BCUT2D eigenvalue weighted by Gasteiger charge is 2.31. The van der Waals surface area contributed by atoms with Crippen molar-refractivity contribution < 1.29 is 9.47 Å². The minimum atomic E-state index is -0.221. The van der Waals surface area contributed by atoms with Gasteiger partial charge in [-0.3, -0.25) is 0 Å². The van der Waals surface area contributed by atoms with Crippen LogP contribution >= 0.6 is 11.3 Å². The average molecular weight is 254 g/mol. The molecule has 1 aromatic rings. The van der Waals surface area contributed by atoms with Crippen molar-refractivity contribution in [1.29, 1.82) is 0 Å². The van der Waals surface area contributed by atoms with E-state index >= 15 is 0 Å². The summed E-state index contributed by atoms with van der Waals surface area (Å²) < 4.78 is 10.9. The smallest absolute Gasteiger partial charge is 0.207 e. The fourth-order valence-electron chi connectivity index (χ4n) is 2.35. The zero-order chi connectivity index (χ0) is 11.8. The maximum atomic E-state index is 5.46. The molecule has 2 aliphatic heterocycles. The first-order valence-electron chi connectivity index (χ1n) is 6.17. The Hall–Kier alpha value is -0.490. The monoisotopic (exact) mass is 254 g/mol. The standard InChI is InChI=1S/C12H18N2O2S/c1-8-15-12(16-8)10-7-17-11(13-10)9-3-5-14(2)6-4-9/h7-9,12H,3-6H2,1-2H3. The fraction of sp³-hybridized carbons (Fsp3) is 0.750. The molecule has 2 fully saturated rings. The van der Waals surface area contributed by atoms with Crippen molar-refractivity contribution in [3.63, 3.8) is 0 Å². The molecule has 5 heteroatoms. The minimum absolute atomic E-state index is 0.0755. The molecule has 0 unspecified atom stereocenters. The molecule has 0 amide bonds. The van der Waals surface area contributed by atoms with Crippen molar-refractivity contribution in [2.24, 2.45) is 0 Å². The maximum absolute atomic E-state index is 5.46. The first-order valence-corrected chi connectivity index (χ1v) is 7.05. The van der Waals surface area contributed by atoms with E-state index in [0.717, 1.165) is 5.69 Å². The lowest BCUT2D eigenvalue weighted by molar-refractivity contribution is -0.383. The molecule has 3 heterocycles. The quantitative estimate of drug-likeness (QED) is 0.811. The van der Waals surface area contributed by atoms with Gasteiger partial charge in [0.05, 0.1) is 5.01 Å². The van der Waals surface area contributed by atoms with Gasteiger partial charge in [-0.1, -0.05) is 0 Å². The van der Waals surface area contributed by atoms with Gasteiger partial charge in [0.2, 0.25) is 6.29 Å². The van der Waals surface area contributed by atoms with E-state index in [1.54, 1.807) is 11.3 Å². The third-order valence-corrected chi connectivity index (χ3v) is 4.50. The van der Waals surface area contributed by atoms with Gasteiger partial charge in [-0.2, -0.15) is 0 Å². The van der Waals surface area contributed by atoms with Crippen LogP contribution in [0.25, 0.3) is 0 Å². The molecule has 0 bridgehead atoms. The molecule has 0 spiro atoms. The van der Waals surface area contributed by atoms with Gasteiger partial charge >= 0.3 is 0 Å². The molecule has 94 valence electrons. The summed E-state index contributed by atoms with van der Waals surface area (Å²) in [4.78, 5) is 7.05. The number of thiazole rings is 1. The predicted octanol–water partition coefficient (Wildman–Crippen LogP) is 2.34. The Bertz CT molecular complexity index is 382. The number of rotatable bonds is 2. The molecule has 0 aliphatic carbocycles. The Labute approximate surface area is 106 Å². The molecule has 2 saturated heterocycles. The molecule has 0 saturated carbocycles. The number of piperidine rings is 1. The molecule has 0 atom stereocenters. The van der Waals surface area contributed by atoms with E-state index in [4.69, 9.17) is 9.47 Å². The molecule has 0 N–H and O–H groups in total. The number of ether oxygens (including phenoxy) is 2. The van der Waals surface area contributed by atoms with E-state index in [2.05, 4.69) is 22.3 Å². The largest absolute Gasteiger partial charge is 0.318 e. The highest BCUT2D eigenvalue weighted by atomic mass is 32.1. The average Bonchev–Trinajstić information content (AvgIpc) is 2.75. The number of nitrogens with zero attached hydrogens (tertiary/aromatic N) is 2. The van der Waals surface area contributed by atoms with Crippen molar-refractivity contribution in [2.45, 2.75) is 38.3 Å². The van der Waals surface area contributed by atoms with Crippen LogP contribution in [0.3, 0.4) is 0 Å². The topological polar surface area (TPSA) is 34.6 Å². The first kappa shape index (κ1) is 11.6. The molecule has 3 rings (SSSR count). The van der Waals surface area contributed by atoms with Crippen LogP contribution in [0.4, 0.5) is 0 Å². The minimum Gasteiger partial charge on any atom is -0.318 e. The van der Waals surface area contributed by atoms with Gasteiger partial charge < -0.3 is 14.4 Å². The number of hydrogen-bond donors (Lipinski definition) is 0. The van der Waals surface area contributed by atoms with Gasteiger partial charge in [0.25, 0.3) is 0 Å². The Morgan fingerprint density at radius 1 is 1.35 bits per heavy atom. The van der Waals surface area contributed by atoms with Crippen LogP contribution in [0.15, 0.2) is 5.38 Å². The lowest BCUT2D eigenvalue weighted by atomic mass is 9.98. The number of likely N-dealkylation sites (tertiary alicyclic amines) is 1. The molecule has 2 aliphatic rings. The molecule has 1 aromatic heterocycles. The van der Waals surface area contributed by atoms with Crippen LogP contribution in [0.5, 0.6) is 0 Å². The second-order valence-electron chi connectivity index (χ2n) is 4.86. The summed E-state index contributed by atoms with van der Waals surface area (Å²) >= 11 is 1.75. The normalized spacial score (nSPS) is 31.4. The lowest BCUT2D eigenvalue weighted by Gasteiger charge is -2.32. The molecule has 4 nitrogen and oxygen atoms in total. The Morgan fingerprint density at radius 2 is 2.06 bits per heavy atom. The van der Waals surface area contributed by atoms with E-state index in [9.17, 15) is 0 Å². The molecule has 0 aromatic carbocycles. The summed E-state index contributed by atoms with van der Waals surface area (Å²) in [5.41, 5.74) is 0.946. The van der Waals surface area contributed by atoms with Gasteiger partial charge in [0.1, 0.15) is 5.69 Å². The van der Waals surface area contributed by atoms with Crippen LogP contribution in [-0.2, 0) is 9.47 Å². The molecular weight excluding hydrogens is 236 g/mol. The Morgan fingerprint density at radius 3 is 2.71 bits per heavy atom. The third kappa shape index (κ3) is 2.38. The lowest BCUT2D eigenvalue weighted by Crippen LogP contribution is -2.32. The van der Waals surface area contributed by atoms with Gasteiger partial charge in [0, 0.05) is 11.3 Å². The highest BCUT2D eigenvalue weighted by molar-refractivity contribution is 7.09. The summed E-state index contributed by atoms with van der Waals surface area (Å²) in [5.74, 6) is 0.627. The van der Waals surface area contributed by atoms with E-state index in [0.29, 0.717) is 5.92 Å². The summed E-state index contributed by atoms with van der Waals surface area (Å²) in [7, 11) is 2.18. The Balaban J connectivity index is 1.64. The first-order chi connectivity index (χ1) is 8.22. The number of aromatic nitrogens is 1. The molecular formula is C12H18N2O2S. The van der Waals surface area contributed by atoms with Crippen LogP contribution in [-0.4, -0.2) is 36.3 Å². The van der Waals surface area contributed by atoms with Crippen molar-refractivity contribution in [1.82, 2.24) is 9.88 Å². The zero-order valence-corrected chi connectivity index (χ0v) is 11.1. The van der Waals surface area contributed by atoms with Crippen LogP contribution < -0.4 is 0 Å². The fourth-order valence-corrected chi connectivity index (χ4v) is 3.34. The van der Waals surface area contributed by atoms with Crippen molar-refractivity contribution in [2.75, 3.05) is 20.1 Å². The van der Waals surface area contributed by atoms with Gasteiger partial charge in [-0.15, -0.1) is 11.3 Å². The molecule has 17 heavy (non-hydrogen) atoms. The van der Waals surface area contributed by atoms with Crippen molar-refractivity contribution in [3.05, 3.63) is 16.1 Å². The van der Waals surface area contributed by atoms with Gasteiger partial charge in [-0.25, -0.2) is 4.98 Å². The highest BCUT2D eigenvalue weighted by Crippen LogP contribution is 2.35. The van der Waals surface area contributed by atoms with Crippen LogP contribution in [0.2, 0.25) is 0 Å². The van der Waals surface area contributed by atoms with Gasteiger partial charge in [0.15, 0.2) is 6.29 Å². The van der Waals surface area contributed by atoms with E-state index in [-0.39, 0.29) is 12.6 Å². The maximum Gasteiger partial charge on any atom is 0.207 e. The van der Waals surface area contributed by atoms with Crippen molar-refractivity contribution >= 4 is 11.3 Å². The van der Waals surface area contributed by atoms with E-state index in [1.165, 1.54) is 30.9 Å². The van der Waals surface area contributed by atoms with Crippen molar-refractivity contribution in [3.8, 4) is 0 Å². The summed E-state index contributed by atoms with van der Waals surface area (Å²) in [6.45, 7) is 4.25. The zero-order valence-electron chi connectivity index (χ0n) is 10.3. The number of hydrogen-bond acceptors (Lipinski definition) is 5. The van der Waals surface area contributed by atoms with E-state index in [1.807, 2.05) is 6.92 Å². The SMILES string of the molecule is CC1OC(c2csc(C3CCN(C)CC3)n2)O1. The van der Waals surface area contributed by atoms with Gasteiger partial charge in [-0.05, 0) is 39.9 Å². The second-order valence-corrected chi connectivity index (χ2v) is 5.75. The Kier molecular flexibility index (Phi) is 3.17. The summed E-state index contributed by atoms with van der Waals surface area (Å²) in [6, 6.07) is 0. The summed E-state index contributed by atoms with van der Waals surface area (Å²) in [6.07, 6.45) is 2.13. The second kappa shape index (κ2) is 4.65. The third-order valence-electron chi connectivity index (χ3n) is 3.48. The van der Waals surface area contributed by atoms with Crippen LogP contribution in [0, 0.1) is 0 Å². The predicted molar refractivity (Wildman–Crippen MR) is 66.0 cm³/mol. The molecule has 0 radical (unpaired) electrons. The van der Waals surface area contributed by atoms with E-state index < -0.39 is 0 Å². The van der Waals surface area contributed by atoms with Crippen LogP contribution in [0.1, 0.15) is 42.7 Å².